The van der Waals surface area contributed by atoms with Gasteiger partial charge in [0.1, 0.15) is 6.29 Å². The lowest BCUT2D eigenvalue weighted by atomic mass is 10.1. The van der Waals surface area contributed by atoms with Crippen LogP contribution in [0.1, 0.15) is 53.5 Å². The summed E-state index contributed by atoms with van der Waals surface area (Å²) >= 11 is 0. The maximum Gasteiger partial charge on any atom is 0.223 e. The summed E-state index contributed by atoms with van der Waals surface area (Å²) in [6.45, 7) is 11.6. The number of rotatable bonds is 6. The van der Waals surface area contributed by atoms with Crippen molar-refractivity contribution in [2.75, 3.05) is 0 Å². The number of benzene rings is 1. The van der Waals surface area contributed by atoms with Gasteiger partial charge in [-0.15, -0.1) is 0 Å². The highest BCUT2D eigenvalue weighted by Crippen LogP contribution is 2.04. The van der Waals surface area contributed by atoms with Crippen LogP contribution in [-0.2, 0) is 16.0 Å². The van der Waals surface area contributed by atoms with Crippen LogP contribution in [0.25, 0.3) is 0 Å². The van der Waals surface area contributed by atoms with Crippen LogP contribution in [0.5, 0.6) is 0 Å². The normalized spacial score (nSPS) is 10.4. The molecule has 3 heteroatoms. The largest absolute Gasteiger partial charge is 0.346 e. The lowest BCUT2D eigenvalue weighted by Gasteiger charge is -2.14. The van der Waals surface area contributed by atoms with E-state index in [-0.39, 0.29) is 17.9 Å². The average molecular weight is 293 g/mol. The first-order valence-electron chi connectivity index (χ1n) is 7.93. The maximum absolute atomic E-state index is 11.5. The van der Waals surface area contributed by atoms with Gasteiger partial charge in [0.05, 0.1) is 6.04 Å². The summed E-state index contributed by atoms with van der Waals surface area (Å²) in [7, 11) is 0. The Hall–Kier alpha value is -1.64. The van der Waals surface area contributed by atoms with E-state index in [4.69, 9.17) is 0 Å². The van der Waals surface area contributed by atoms with Crippen molar-refractivity contribution < 1.29 is 9.59 Å². The third kappa shape index (κ3) is 10.8. The molecule has 0 aliphatic carbocycles. The minimum atomic E-state index is -0.384. The molecule has 1 unspecified atom stereocenters. The Morgan fingerprint density at radius 2 is 1.62 bits per heavy atom. The fourth-order valence-electron chi connectivity index (χ4n) is 1.49. The predicted octanol–water partition coefficient (Wildman–Crippen LogP) is 4.01. The molecule has 0 spiro atoms. The SMILES string of the molecule is CC.CC.CC(C)C(=O)NC(C=O)CCc1ccccc1. The molecule has 0 aromatic heterocycles. The van der Waals surface area contributed by atoms with E-state index in [0.717, 1.165) is 12.7 Å². The molecule has 21 heavy (non-hydrogen) atoms. The molecule has 1 amide bonds. The molecule has 120 valence electrons. The van der Waals surface area contributed by atoms with E-state index in [1.807, 2.05) is 71.9 Å². The Morgan fingerprint density at radius 1 is 1.10 bits per heavy atom. The van der Waals surface area contributed by atoms with E-state index in [2.05, 4.69) is 5.32 Å². The van der Waals surface area contributed by atoms with Gasteiger partial charge in [0.2, 0.25) is 5.91 Å². The topological polar surface area (TPSA) is 46.2 Å². The van der Waals surface area contributed by atoms with Crippen molar-refractivity contribution in [2.24, 2.45) is 5.92 Å². The highest BCUT2D eigenvalue weighted by atomic mass is 16.2. The van der Waals surface area contributed by atoms with Crippen molar-refractivity contribution in [3.05, 3.63) is 35.9 Å². The molecule has 0 bridgehead atoms. The smallest absolute Gasteiger partial charge is 0.223 e. The number of aldehydes is 1. The second-order valence-electron chi connectivity index (χ2n) is 4.43. The molecule has 0 saturated carbocycles. The van der Waals surface area contributed by atoms with E-state index in [0.29, 0.717) is 6.42 Å². The van der Waals surface area contributed by atoms with Gasteiger partial charge in [-0.05, 0) is 18.4 Å². The second-order valence-corrected chi connectivity index (χ2v) is 4.43. The average Bonchev–Trinajstić information content (AvgIpc) is 2.55. The lowest BCUT2D eigenvalue weighted by molar-refractivity contribution is -0.126. The van der Waals surface area contributed by atoms with Crippen LogP contribution in [0, 0.1) is 5.92 Å². The minimum Gasteiger partial charge on any atom is -0.346 e. The summed E-state index contributed by atoms with van der Waals surface area (Å²) < 4.78 is 0. The van der Waals surface area contributed by atoms with Crippen molar-refractivity contribution in [1.29, 1.82) is 0 Å². The molecule has 0 saturated heterocycles. The fourth-order valence-corrected chi connectivity index (χ4v) is 1.49. The van der Waals surface area contributed by atoms with Gasteiger partial charge in [-0.1, -0.05) is 71.9 Å². The number of amides is 1. The lowest BCUT2D eigenvalue weighted by Crippen LogP contribution is -2.38. The zero-order valence-electron chi connectivity index (χ0n) is 14.3. The van der Waals surface area contributed by atoms with Crippen molar-refractivity contribution in [3.8, 4) is 0 Å². The minimum absolute atomic E-state index is 0.0739. The Morgan fingerprint density at radius 3 is 2.05 bits per heavy atom. The van der Waals surface area contributed by atoms with E-state index in [9.17, 15) is 9.59 Å². The van der Waals surface area contributed by atoms with Gasteiger partial charge in [-0.25, -0.2) is 0 Å². The Bertz CT molecular complexity index is 361. The number of carbonyl (C=O) groups is 2. The van der Waals surface area contributed by atoms with Crippen molar-refractivity contribution in [3.63, 3.8) is 0 Å². The van der Waals surface area contributed by atoms with Gasteiger partial charge in [-0.3, -0.25) is 4.79 Å². The standard InChI is InChI=1S/C14H19NO2.2C2H6/c1-11(2)14(17)15-13(10-16)9-8-12-6-4-3-5-7-12;2*1-2/h3-7,10-11,13H,8-9H2,1-2H3,(H,15,17);2*1-2H3. The van der Waals surface area contributed by atoms with E-state index in [1.54, 1.807) is 0 Å². The summed E-state index contributed by atoms with van der Waals surface area (Å²) in [4.78, 5) is 22.3. The van der Waals surface area contributed by atoms with Crippen LogP contribution in [0.2, 0.25) is 0 Å². The molecule has 1 atom stereocenters. The molecule has 1 N–H and O–H groups in total. The molecule has 3 nitrogen and oxygen atoms in total. The Kier molecular flexibility index (Phi) is 15.2. The molecule has 0 aliphatic rings. The fraction of sp³-hybridized carbons (Fsp3) is 0.556. The van der Waals surface area contributed by atoms with Gasteiger partial charge < -0.3 is 10.1 Å². The van der Waals surface area contributed by atoms with Crippen LogP contribution in [0.3, 0.4) is 0 Å². The van der Waals surface area contributed by atoms with Crippen LogP contribution in [0.4, 0.5) is 0 Å². The molecular formula is C18H31NO2. The van der Waals surface area contributed by atoms with E-state index in [1.165, 1.54) is 5.56 Å². The van der Waals surface area contributed by atoms with E-state index >= 15 is 0 Å². The van der Waals surface area contributed by atoms with Gasteiger partial charge in [0, 0.05) is 5.92 Å². The number of hydrogen-bond acceptors (Lipinski definition) is 2. The summed E-state index contributed by atoms with van der Waals surface area (Å²) in [5.41, 5.74) is 1.18. The molecule has 0 aliphatic heterocycles. The molecule has 1 aromatic rings. The number of hydrogen-bond donors (Lipinski definition) is 1. The maximum atomic E-state index is 11.5. The molecular weight excluding hydrogens is 262 g/mol. The first kappa shape index (κ1) is 21.7. The summed E-state index contributed by atoms with van der Waals surface area (Å²) in [6.07, 6.45) is 2.25. The van der Waals surface area contributed by atoms with Gasteiger partial charge in [-0.2, -0.15) is 0 Å². The van der Waals surface area contributed by atoms with Crippen molar-refractivity contribution >= 4 is 12.2 Å². The summed E-state index contributed by atoms with van der Waals surface area (Å²) in [5, 5.41) is 2.73. The third-order valence-electron chi connectivity index (χ3n) is 2.60. The highest BCUT2D eigenvalue weighted by molar-refractivity contribution is 5.81. The number of nitrogens with one attached hydrogen (secondary N) is 1. The second kappa shape index (κ2) is 14.8. The first-order valence-corrected chi connectivity index (χ1v) is 7.93. The zero-order chi connectivity index (χ0) is 16.7. The van der Waals surface area contributed by atoms with E-state index < -0.39 is 0 Å². The molecule has 1 rings (SSSR count). The number of aryl methyl sites for hydroxylation is 1. The summed E-state index contributed by atoms with van der Waals surface area (Å²) in [5.74, 6) is -0.163. The highest BCUT2D eigenvalue weighted by Gasteiger charge is 2.13. The summed E-state index contributed by atoms with van der Waals surface area (Å²) in [6, 6.07) is 9.56. The Labute approximate surface area is 130 Å². The first-order chi connectivity index (χ1) is 10.1. The predicted molar refractivity (Wildman–Crippen MR) is 90.3 cm³/mol. The van der Waals surface area contributed by atoms with Gasteiger partial charge in [0.25, 0.3) is 0 Å². The Balaban J connectivity index is 0. The van der Waals surface area contributed by atoms with Crippen molar-refractivity contribution in [2.45, 2.75) is 60.4 Å². The monoisotopic (exact) mass is 293 g/mol. The molecule has 1 aromatic carbocycles. The van der Waals surface area contributed by atoms with Crippen LogP contribution in [-0.4, -0.2) is 18.2 Å². The molecule has 0 heterocycles. The quantitative estimate of drug-likeness (QED) is 0.805. The molecule has 0 radical (unpaired) electrons. The van der Waals surface area contributed by atoms with Crippen LogP contribution >= 0.6 is 0 Å². The van der Waals surface area contributed by atoms with Crippen LogP contribution < -0.4 is 5.32 Å². The molecule has 0 fully saturated rings. The third-order valence-corrected chi connectivity index (χ3v) is 2.60. The van der Waals surface area contributed by atoms with Crippen molar-refractivity contribution in [1.82, 2.24) is 5.32 Å². The van der Waals surface area contributed by atoms with Gasteiger partial charge >= 0.3 is 0 Å². The zero-order valence-corrected chi connectivity index (χ0v) is 14.3. The number of carbonyl (C=O) groups excluding carboxylic acids is 2. The van der Waals surface area contributed by atoms with Gasteiger partial charge in [0.15, 0.2) is 0 Å². The van der Waals surface area contributed by atoms with Crippen LogP contribution in [0.15, 0.2) is 30.3 Å².